The fraction of sp³-hybridized carbons (Fsp3) is 0.933. The zero-order chi connectivity index (χ0) is 14.2. The Bertz CT molecular complexity index is 201. The largest absolute Gasteiger partial charge is 0.380 e. The number of hydrogen-bond acceptors (Lipinski definition) is 2. The van der Waals surface area contributed by atoms with Gasteiger partial charge in [-0.15, -0.1) is 0 Å². The number of unbranched alkanes of at least 4 members (excludes halogenated alkanes) is 9. The summed E-state index contributed by atoms with van der Waals surface area (Å²) in [5, 5.41) is 3.22. The van der Waals surface area contributed by atoms with E-state index in [1.54, 1.807) is 0 Å². The van der Waals surface area contributed by atoms with Crippen LogP contribution in [-0.4, -0.2) is 24.9 Å². The number of nitrogens with two attached hydrogens (primary N) is 1. The standard InChI is InChI=1S/C15H32N2OS/c1-2-3-4-5-6-7-8-9-10-11-13-18-14-12-17-15(16)19/h2-14H2,1H3,(H3,16,17,19). The summed E-state index contributed by atoms with van der Waals surface area (Å²) in [7, 11) is 0. The molecule has 0 amide bonds. The zero-order valence-electron chi connectivity index (χ0n) is 12.6. The van der Waals surface area contributed by atoms with E-state index in [9.17, 15) is 0 Å². The Labute approximate surface area is 124 Å². The molecule has 0 rings (SSSR count). The van der Waals surface area contributed by atoms with Gasteiger partial charge < -0.3 is 15.8 Å². The summed E-state index contributed by atoms with van der Waals surface area (Å²) in [5.74, 6) is 0. The first-order valence-corrected chi connectivity index (χ1v) is 8.29. The molecule has 0 aliphatic heterocycles. The molecule has 0 bridgehead atoms. The van der Waals surface area contributed by atoms with E-state index in [0.29, 0.717) is 18.3 Å². The van der Waals surface area contributed by atoms with Crippen LogP contribution >= 0.6 is 12.2 Å². The first-order chi connectivity index (χ1) is 9.27. The van der Waals surface area contributed by atoms with E-state index in [4.69, 9.17) is 22.7 Å². The van der Waals surface area contributed by atoms with Gasteiger partial charge in [0.15, 0.2) is 5.11 Å². The third kappa shape index (κ3) is 17.6. The van der Waals surface area contributed by atoms with Crippen LogP contribution in [0.25, 0.3) is 0 Å². The number of nitrogens with one attached hydrogen (secondary N) is 1. The molecule has 0 aliphatic carbocycles. The minimum Gasteiger partial charge on any atom is -0.380 e. The minimum atomic E-state index is 0.350. The van der Waals surface area contributed by atoms with Gasteiger partial charge in [0.1, 0.15) is 0 Å². The summed E-state index contributed by atoms with van der Waals surface area (Å²) >= 11 is 4.70. The van der Waals surface area contributed by atoms with Crippen molar-refractivity contribution in [2.24, 2.45) is 5.73 Å². The molecule has 114 valence electrons. The molecule has 19 heavy (non-hydrogen) atoms. The monoisotopic (exact) mass is 288 g/mol. The summed E-state index contributed by atoms with van der Waals surface area (Å²) in [6.45, 7) is 4.53. The van der Waals surface area contributed by atoms with Crippen molar-refractivity contribution in [2.45, 2.75) is 71.1 Å². The van der Waals surface area contributed by atoms with E-state index in [1.165, 1.54) is 64.2 Å². The van der Waals surface area contributed by atoms with Gasteiger partial charge in [0.05, 0.1) is 6.61 Å². The van der Waals surface area contributed by atoms with Crippen LogP contribution in [0.1, 0.15) is 71.1 Å². The number of hydrogen-bond donors (Lipinski definition) is 2. The third-order valence-corrected chi connectivity index (χ3v) is 3.33. The van der Waals surface area contributed by atoms with Gasteiger partial charge in [-0.3, -0.25) is 0 Å². The lowest BCUT2D eigenvalue weighted by Crippen LogP contribution is -2.31. The molecule has 3 nitrogen and oxygen atoms in total. The van der Waals surface area contributed by atoms with Crippen molar-refractivity contribution >= 4 is 17.3 Å². The Kier molecular flexibility index (Phi) is 15.4. The van der Waals surface area contributed by atoms with Crippen molar-refractivity contribution < 1.29 is 4.74 Å². The molecule has 0 unspecified atom stereocenters. The Morgan fingerprint density at radius 2 is 1.42 bits per heavy atom. The Morgan fingerprint density at radius 3 is 1.95 bits per heavy atom. The maximum Gasteiger partial charge on any atom is 0.163 e. The topological polar surface area (TPSA) is 47.3 Å². The van der Waals surface area contributed by atoms with Crippen molar-refractivity contribution in [1.29, 1.82) is 0 Å². The van der Waals surface area contributed by atoms with Crippen LogP contribution < -0.4 is 11.1 Å². The van der Waals surface area contributed by atoms with E-state index < -0.39 is 0 Å². The highest BCUT2D eigenvalue weighted by atomic mass is 32.1. The Morgan fingerprint density at radius 1 is 0.895 bits per heavy atom. The lowest BCUT2D eigenvalue weighted by Gasteiger charge is -2.05. The van der Waals surface area contributed by atoms with Gasteiger partial charge in [0, 0.05) is 13.2 Å². The van der Waals surface area contributed by atoms with Gasteiger partial charge in [-0.25, -0.2) is 0 Å². The van der Waals surface area contributed by atoms with Gasteiger partial charge in [0.25, 0.3) is 0 Å². The molecule has 0 radical (unpaired) electrons. The lowest BCUT2D eigenvalue weighted by molar-refractivity contribution is 0.134. The van der Waals surface area contributed by atoms with Crippen LogP contribution in [0.2, 0.25) is 0 Å². The number of ether oxygens (including phenoxy) is 1. The predicted octanol–water partition coefficient (Wildman–Crippen LogP) is 3.76. The molecule has 0 aromatic heterocycles. The second-order valence-corrected chi connectivity index (χ2v) is 5.53. The van der Waals surface area contributed by atoms with Crippen LogP contribution in [0.4, 0.5) is 0 Å². The Hall–Kier alpha value is -0.350. The molecule has 0 atom stereocenters. The van der Waals surface area contributed by atoms with Gasteiger partial charge >= 0.3 is 0 Å². The van der Waals surface area contributed by atoms with E-state index in [1.807, 2.05) is 0 Å². The van der Waals surface area contributed by atoms with Crippen molar-refractivity contribution in [3.05, 3.63) is 0 Å². The Balaban J connectivity index is 2.93. The predicted molar refractivity (Wildman–Crippen MR) is 87.5 cm³/mol. The average Bonchev–Trinajstić information content (AvgIpc) is 2.39. The van der Waals surface area contributed by atoms with Gasteiger partial charge in [-0.05, 0) is 18.6 Å². The SMILES string of the molecule is CCCCCCCCCCCCOCCNC(N)=S. The molecule has 4 heteroatoms. The van der Waals surface area contributed by atoms with Crippen molar-refractivity contribution in [3.63, 3.8) is 0 Å². The highest BCUT2D eigenvalue weighted by molar-refractivity contribution is 7.80. The second kappa shape index (κ2) is 15.7. The van der Waals surface area contributed by atoms with Gasteiger partial charge in [-0.2, -0.15) is 0 Å². The lowest BCUT2D eigenvalue weighted by atomic mass is 10.1. The van der Waals surface area contributed by atoms with Crippen LogP contribution in [0, 0.1) is 0 Å². The summed E-state index contributed by atoms with van der Waals surface area (Å²) in [5.41, 5.74) is 5.30. The third-order valence-electron chi connectivity index (χ3n) is 3.19. The van der Waals surface area contributed by atoms with E-state index in [0.717, 1.165) is 6.61 Å². The first-order valence-electron chi connectivity index (χ1n) is 7.88. The highest BCUT2D eigenvalue weighted by Crippen LogP contribution is 2.10. The van der Waals surface area contributed by atoms with Crippen molar-refractivity contribution in [1.82, 2.24) is 5.32 Å². The summed E-state index contributed by atoms with van der Waals surface area (Å²) < 4.78 is 5.48. The quantitative estimate of drug-likeness (QED) is 0.377. The smallest absolute Gasteiger partial charge is 0.163 e. The van der Waals surface area contributed by atoms with Crippen LogP contribution in [0.5, 0.6) is 0 Å². The van der Waals surface area contributed by atoms with Crippen LogP contribution in [0.15, 0.2) is 0 Å². The molecule has 0 aromatic rings. The molecule has 0 fully saturated rings. The van der Waals surface area contributed by atoms with E-state index >= 15 is 0 Å². The molecule has 0 saturated carbocycles. The molecule has 0 aliphatic rings. The van der Waals surface area contributed by atoms with E-state index in [-0.39, 0.29) is 0 Å². The van der Waals surface area contributed by atoms with E-state index in [2.05, 4.69) is 12.2 Å². The molecule has 0 saturated heterocycles. The fourth-order valence-corrected chi connectivity index (χ4v) is 2.14. The summed E-state index contributed by atoms with van der Waals surface area (Å²) in [6, 6.07) is 0. The van der Waals surface area contributed by atoms with Crippen LogP contribution in [0.3, 0.4) is 0 Å². The molecular formula is C15H32N2OS. The molecule has 3 N–H and O–H groups in total. The van der Waals surface area contributed by atoms with Gasteiger partial charge in [0.2, 0.25) is 0 Å². The van der Waals surface area contributed by atoms with Crippen molar-refractivity contribution in [3.8, 4) is 0 Å². The summed E-state index contributed by atoms with van der Waals surface area (Å²) in [4.78, 5) is 0. The fourth-order valence-electron chi connectivity index (χ4n) is 2.04. The molecule has 0 aromatic carbocycles. The number of rotatable bonds is 14. The van der Waals surface area contributed by atoms with Crippen molar-refractivity contribution in [2.75, 3.05) is 19.8 Å². The van der Waals surface area contributed by atoms with Crippen LogP contribution in [-0.2, 0) is 4.74 Å². The molecule has 0 heterocycles. The molecular weight excluding hydrogens is 256 g/mol. The summed E-state index contributed by atoms with van der Waals surface area (Å²) in [6.07, 6.45) is 13.6. The first kappa shape index (κ1) is 18.7. The average molecular weight is 289 g/mol. The maximum absolute atomic E-state index is 5.48. The highest BCUT2D eigenvalue weighted by Gasteiger charge is 1.93. The second-order valence-electron chi connectivity index (χ2n) is 5.09. The number of thiocarbonyl (C=S) groups is 1. The minimum absolute atomic E-state index is 0.350. The normalized spacial score (nSPS) is 10.6. The zero-order valence-corrected chi connectivity index (χ0v) is 13.4. The van der Waals surface area contributed by atoms with Gasteiger partial charge in [-0.1, -0.05) is 64.7 Å². The molecule has 0 spiro atoms. The maximum atomic E-state index is 5.48.